The van der Waals surface area contributed by atoms with E-state index in [1.807, 2.05) is 4.57 Å². The highest BCUT2D eigenvalue weighted by Crippen LogP contribution is 2.33. The van der Waals surface area contributed by atoms with Gasteiger partial charge in [0.2, 0.25) is 16.0 Å². The fourth-order valence-corrected chi connectivity index (χ4v) is 6.56. The molecule has 0 bridgehead atoms. The van der Waals surface area contributed by atoms with Crippen molar-refractivity contribution < 1.29 is 26.3 Å². The number of aromatic nitrogens is 3. The molecule has 2 aromatic heterocycles. The molecule has 9 nitrogen and oxygen atoms in total. The van der Waals surface area contributed by atoms with Gasteiger partial charge in [0.15, 0.2) is 0 Å². The largest absolute Gasteiger partial charge is 0.348 e. The van der Waals surface area contributed by atoms with Crippen molar-refractivity contribution in [2.24, 2.45) is 0 Å². The minimum Gasteiger partial charge on any atom is -0.348 e. The first-order valence-corrected chi connectivity index (χ1v) is 12.7. The highest BCUT2D eigenvalue weighted by Gasteiger charge is 2.43. The van der Waals surface area contributed by atoms with Crippen LogP contribution in [0.2, 0.25) is 0 Å². The van der Waals surface area contributed by atoms with Crippen LogP contribution in [0.25, 0.3) is 11.0 Å². The molecule has 3 fully saturated rings. The normalized spacial score (nSPS) is 29.6. The summed E-state index contributed by atoms with van der Waals surface area (Å²) in [4.78, 5) is 8.81. The molecule has 2 aliphatic heterocycles. The van der Waals surface area contributed by atoms with Crippen LogP contribution in [0.3, 0.4) is 0 Å². The van der Waals surface area contributed by atoms with Crippen molar-refractivity contribution in [3.8, 4) is 0 Å². The van der Waals surface area contributed by atoms with Crippen molar-refractivity contribution in [1.29, 1.82) is 0 Å². The molecule has 13 heteroatoms. The molecule has 1 aliphatic carbocycles. The van der Waals surface area contributed by atoms with Crippen LogP contribution >= 0.6 is 0 Å². The predicted molar refractivity (Wildman–Crippen MR) is 115 cm³/mol. The molecule has 4 heterocycles. The van der Waals surface area contributed by atoms with Gasteiger partial charge in [-0.1, -0.05) is 0 Å². The zero-order chi connectivity index (χ0) is 23.2. The molecule has 0 spiro atoms. The van der Waals surface area contributed by atoms with Gasteiger partial charge in [-0.25, -0.2) is 17.8 Å². The number of rotatable bonds is 7. The molecule has 3 aliphatic rings. The fourth-order valence-electron chi connectivity index (χ4n) is 4.69. The maximum absolute atomic E-state index is 14.9. The molecule has 1 saturated carbocycles. The Kier molecular flexibility index (Phi) is 6.23. The summed E-state index contributed by atoms with van der Waals surface area (Å²) in [6.45, 7) is -1.84. The molecule has 0 aromatic carbocycles. The van der Waals surface area contributed by atoms with Gasteiger partial charge in [-0.05, 0) is 38.3 Å². The van der Waals surface area contributed by atoms with Crippen molar-refractivity contribution in [1.82, 2.24) is 24.2 Å². The zero-order valence-corrected chi connectivity index (χ0v) is 18.7. The summed E-state index contributed by atoms with van der Waals surface area (Å²) in [7, 11) is -3.41. The molecular weight excluding hydrogens is 461 g/mol. The summed E-state index contributed by atoms with van der Waals surface area (Å²) >= 11 is 0. The summed E-state index contributed by atoms with van der Waals surface area (Å²) in [5.74, 6) is 0.217. The number of ether oxygens (including phenoxy) is 1. The number of nitrogens with zero attached hydrogens (tertiary/aromatic N) is 4. The Bertz CT molecular complexity index is 1100. The summed E-state index contributed by atoms with van der Waals surface area (Å²) < 4.78 is 73.3. The summed E-state index contributed by atoms with van der Waals surface area (Å²) in [5, 5.41) is 6.45. The number of nitrogens with one attached hydrogen (secondary N) is 2. The van der Waals surface area contributed by atoms with E-state index < -0.39 is 35.0 Å². The van der Waals surface area contributed by atoms with Crippen LogP contribution in [0.5, 0.6) is 0 Å². The average Bonchev–Trinajstić information content (AvgIpc) is 3.56. The Labute approximate surface area is 189 Å². The molecule has 2 N–H and O–H groups in total. The van der Waals surface area contributed by atoms with Crippen LogP contribution in [-0.2, 0) is 14.8 Å². The van der Waals surface area contributed by atoms with Crippen LogP contribution in [-0.4, -0.2) is 83.6 Å². The zero-order valence-electron chi connectivity index (χ0n) is 17.9. The van der Waals surface area contributed by atoms with Crippen LogP contribution in [0, 0.1) is 0 Å². The number of halogens is 3. The number of anilines is 1. The third-order valence-electron chi connectivity index (χ3n) is 6.61. The topological polar surface area (TPSA) is 101 Å². The highest BCUT2D eigenvalue weighted by molar-refractivity contribution is 7.90. The molecule has 33 heavy (non-hydrogen) atoms. The first-order valence-electron chi connectivity index (χ1n) is 11.2. The average molecular weight is 489 g/mol. The predicted octanol–water partition coefficient (Wildman–Crippen LogP) is 1.89. The SMILES string of the molecule is O=S(=O)(C1CC1)N1CC[C@@H](Nc2ncc3ccn([C@H]4CCNC[C@@H]4OC(F)F)c3n2)[C@H](F)C1. The van der Waals surface area contributed by atoms with Crippen molar-refractivity contribution >= 4 is 27.0 Å². The standard InChI is InChI=1S/C20H27F3N6O3S/c21-14-11-28(33(30,31)13-1-2-13)7-5-15(14)26-20-25-9-12-4-8-29(18(12)27-20)16-3-6-24-10-17(16)32-19(22)23/h4,8-9,13-17,19,24H,1-3,5-7,10-11H2,(H,25,26,27)/t14-,15-,16+,17+/m1/s1. The van der Waals surface area contributed by atoms with Gasteiger partial charge in [-0.3, -0.25) is 0 Å². The van der Waals surface area contributed by atoms with E-state index in [4.69, 9.17) is 4.74 Å². The second kappa shape index (κ2) is 9.01. The molecule has 2 saturated heterocycles. The maximum Gasteiger partial charge on any atom is 0.345 e. The Balaban J connectivity index is 1.32. The van der Waals surface area contributed by atoms with E-state index in [9.17, 15) is 21.6 Å². The van der Waals surface area contributed by atoms with Gasteiger partial charge in [-0.2, -0.15) is 18.1 Å². The quantitative estimate of drug-likeness (QED) is 0.614. The van der Waals surface area contributed by atoms with Gasteiger partial charge in [0.1, 0.15) is 11.8 Å². The lowest BCUT2D eigenvalue weighted by Gasteiger charge is -2.34. The lowest BCUT2D eigenvalue weighted by atomic mass is 10.0. The Morgan fingerprint density at radius 3 is 2.79 bits per heavy atom. The third-order valence-corrected chi connectivity index (χ3v) is 8.97. The van der Waals surface area contributed by atoms with E-state index in [1.165, 1.54) is 4.31 Å². The molecule has 182 valence electrons. The van der Waals surface area contributed by atoms with Crippen LogP contribution < -0.4 is 10.6 Å². The summed E-state index contributed by atoms with van der Waals surface area (Å²) in [5.41, 5.74) is 0.548. The Hall–Kier alpha value is -1.96. The van der Waals surface area contributed by atoms with Crippen LogP contribution in [0.15, 0.2) is 18.5 Å². The summed E-state index contributed by atoms with van der Waals surface area (Å²) in [6.07, 6.45) is 3.45. The molecule has 4 atom stereocenters. The van der Waals surface area contributed by atoms with E-state index in [0.29, 0.717) is 44.4 Å². The number of sulfonamides is 1. The number of alkyl halides is 3. The Morgan fingerprint density at radius 2 is 2.06 bits per heavy atom. The van der Waals surface area contributed by atoms with Crippen molar-refractivity contribution in [2.45, 2.75) is 61.9 Å². The van der Waals surface area contributed by atoms with E-state index in [0.717, 1.165) is 5.39 Å². The molecule has 5 rings (SSSR count). The number of fused-ring (bicyclic) bond motifs is 1. The van der Waals surface area contributed by atoms with Crippen molar-refractivity contribution in [2.75, 3.05) is 31.5 Å². The van der Waals surface area contributed by atoms with Gasteiger partial charge in [-0.15, -0.1) is 0 Å². The maximum atomic E-state index is 14.9. The monoisotopic (exact) mass is 488 g/mol. The molecular formula is C20H27F3N6O3S. The molecule has 0 unspecified atom stereocenters. The van der Waals surface area contributed by atoms with Crippen LogP contribution in [0.1, 0.15) is 31.7 Å². The van der Waals surface area contributed by atoms with E-state index in [1.54, 1.807) is 18.5 Å². The number of hydrogen-bond donors (Lipinski definition) is 2. The number of piperidine rings is 2. The first-order chi connectivity index (χ1) is 15.8. The smallest absolute Gasteiger partial charge is 0.345 e. The highest BCUT2D eigenvalue weighted by atomic mass is 32.2. The lowest BCUT2D eigenvalue weighted by Crippen LogP contribution is -2.50. The van der Waals surface area contributed by atoms with Gasteiger partial charge < -0.3 is 19.9 Å². The van der Waals surface area contributed by atoms with Crippen molar-refractivity contribution in [3.63, 3.8) is 0 Å². The Morgan fingerprint density at radius 1 is 1.24 bits per heavy atom. The number of hydrogen-bond acceptors (Lipinski definition) is 7. The van der Waals surface area contributed by atoms with Gasteiger partial charge >= 0.3 is 6.61 Å². The lowest BCUT2D eigenvalue weighted by molar-refractivity contribution is -0.176. The van der Waals surface area contributed by atoms with E-state index in [2.05, 4.69) is 20.6 Å². The minimum absolute atomic E-state index is 0.184. The second-order valence-corrected chi connectivity index (χ2v) is 11.1. The molecule has 2 aromatic rings. The summed E-state index contributed by atoms with van der Waals surface area (Å²) in [6, 6.07) is 0.857. The van der Waals surface area contributed by atoms with Gasteiger partial charge in [0.25, 0.3) is 0 Å². The van der Waals surface area contributed by atoms with E-state index >= 15 is 0 Å². The van der Waals surface area contributed by atoms with E-state index in [-0.39, 0.29) is 30.3 Å². The van der Waals surface area contributed by atoms with Gasteiger partial charge in [0.05, 0.1) is 23.4 Å². The second-order valence-electron chi connectivity index (χ2n) is 8.85. The molecule has 0 radical (unpaired) electrons. The molecule has 0 amide bonds. The van der Waals surface area contributed by atoms with Crippen LogP contribution in [0.4, 0.5) is 19.1 Å². The first kappa shape index (κ1) is 22.8. The van der Waals surface area contributed by atoms with Gasteiger partial charge in [0, 0.05) is 37.4 Å². The fraction of sp³-hybridized carbons (Fsp3) is 0.700. The minimum atomic E-state index is -3.41. The third kappa shape index (κ3) is 4.68. The van der Waals surface area contributed by atoms with Crippen molar-refractivity contribution in [3.05, 3.63) is 18.5 Å².